The first-order chi connectivity index (χ1) is 8.70. The van der Waals surface area contributed by atoms with Gasteiger partial charge >= 0.3 is 5.97 Å². The minimum Gasteiger partial charge on any atom is -0.466 e. The second kappa shape index (κ2) is 6.09. The van der Waals surface area contributed by atoms with E-state index in [2.05, 4.69) is 25.9 Å². The number of hydrogen-bond donors (Lipinski definition) is 0. The van der Waals surface area contributed by atoms with Crippen LogP contribution < -0.4 is 0 Å². The topological polar surface area (TPSA) is 52.1 Å². The molecule has 0 aliphatic heterocycles. The molecule has 1 heterocycles. The molecule has 0 aromatic carbocycles. The Balaban J connectivity index is 2.02. The van der Waals surface area contributed by atoms with E-state index in [1.54, 1.807) is 12.4 Å². The average Bonchev–Trinajstić information content (AvgIpc) is 2.40. The lowest BCUT2D eigenvalue weighted by Gasteiger charge is -2.19. The van der Waals surface area contributed by atoms with E-state index in [1.807, 2.05) is 13.0 Å². The molecule has 1 aliphatic rings. The van der Waals surface area contributed by atoms with E-state index in [1.165, 1.54) is 0 Å². The van der Waals surface area contributed by atoms with Crippen molar-refractivity contribution in [1.82, 2.24) is 9.97 Å². The quantitative estimate of drug-likeness (QED) is 0.805. The zero-order chi connectivity index (χ0) is 13.0. The summed E-state index contributed by atoms with van der Waals surface area (Å²) in [7, 11) is 0. The molecule has 2 rings (SSSR count). The molecule has 0 N–H and O–H groups in total. The maximum Gasteiger partial charge on any atom is 0.309 e. The van der Waals surface area contributed by atoms with Crippen LogP contribution in [-0.2, 0) is 9.53 Å². The number of ether oxygens (including phenoxy) is 1. The molecule has 0 saturated heterocycles. The van der Waals surface area contributed by atoms with Gasteiger partial charge in [-0.15, -0.1) is 0 Å². The van der Waals surface area contributed by atoms with E-state index in [-0.39, 0.29) is 11.9 Å². The van der Waals surface area contributed by atoms with Crippen LogP contribution in [0.25, 0.3) is 5.57 Å². The van der Waals surface area contributed by atoms with Gasteiger partial charge in [-0.2, -0.15) is 0 Å². The van der Waals surface area contributed by atoms with Crippen LogP contribution in [0.1, 0.15) is 32.0 Å². The fourth-order valence-corrected chi connectivity index (χ4v) is 2.19. The summed E-state index contributed by atoms with van der Waals surface area (Å²) in [6, 6.07) is 0. The Morgan fingerprint density at radius 2 is 2.22 bits per heavy atom. The van der Waals surface area contributed by atoms with Crippen LogP contribution in [0.3, 0.4) is 0 Å². The van der Waals surface area contributed by atoms with E-state index in [4.69, 9.17) is 4.74 Å². The summed E-state index contributed by atoms with van der Waals surface area (Å²) in [5, 5.41) is 0. The Labute approximate surface area is 115 Å². The third-order valence-electron chi connectivity index (χ3n) is 2.94. The number of aromatic nitrogens is 2. The number of carbonyl (C=O) groups excluding carboxylic acids is 1. The highest BCUT2D eigenvalue weighted by Gasteiger charge is 2.23. The molecule has 0 bridgehead atoms. The van der Waals surface area contributed by atoms with Crippen LogP contribution in [-0.4, -0.2) is 22.5 Å². The van der Waals surface area contributed by atoms with Gasteiger partial charge in [0.25, 0.3) is 0 Å². The van der Waals surface area contributed by atoms with Crippen molar-refractivity contribution in [3.63, 3.8) is 0 Å². The lowest BCUT2D eigenvalue weighted by atomic mass is 9.89. The molecule has 96 valence electrons. The Bertz CT molecular complexity index is 457. The predicted molar refractivity (Wildman–Crippen MR) is 71.7 cm³/mol. The molecule has 0 amide bonds. The zero-order valence-corrected chi connectivity index (χ0v) is 11.8. The molecule has 1 aromatic heterocycles. The van der Waals surface area contributed by atoms with Gasteiger partial charge in [0, 0.05) is 12.4 Å². The van der Waals surface area contributed by atoms with Crippen molar-refractivity contribution < 1.29 is 9.53 Å². The number of allylic oxidation sites excluding steroid dienone is 2. The van der Waals surface area contributed by atoms with Gasteiger partial charge in [0.2, 0.25) is 0 Å². The average molecular weight is 311 g/mol. The van der Waals surface area contributed by atoms with Crippen molar-refractivity contribution >= 4 is 27.5 Å². The number of halogens is 1. The van der Waals surface area contributed by atoms with Gasteiger partial charge in [-0.25, -0.2) is 9.97 Å². The molecule has 1 aliphatic carbocycles. The van der Waals surface area contributed by atoms with E-state index in [9.17, 15) is 4.79 Å². The van der Waals surface area contributed by atoms with E-state index in [0.29, 0.717) is 13.0 Å². The lowest BCUT2D eigenvalue weighted by molar-refractivity contribution is -0.148. The van der Waals surface area contributed by atoms with E-state index in [0.717, 1.165) is 28.7 Å². The van der Waals surface area contributed by atoms with Gasteiger partial charge in [-0.1, -0.05) is 6.08 Å². The van der Waals surface area contributed by atoms with Crippen molar-refractivity contribution in [3.05, 3.63) is 28.8 Å². The number of hydrogen-bond acceptors (Lipinski definition) is 4. The predicted octanol–water partition coefficient (Wildman–Crippen LogP) is 2.99. The summed E-state index contributed by atoms with van der Waals surface area (Å²) in [6.07, 6.45) is 7.87. The van der Waals surface area contributed by atoms with Gasteiger partial charge in [0.05, 0.1) is 17.0 Å². The van der Waals surface area contributed by atoms with Gasteiger partial charge in [0.15, 0.2) is 5.82 Å². The third-order valence-corrected chi connectivity index (χ3v) is 3.35. The molecule has 0 saturated carbocycles. The van der Waals surface area contributed by atoms with Crippen LogP contribution >= 0.6 is 15.9 Å². The largest absolute Gasteiger partial charge is 0.466 e. The summed E-state index contributed by atoms with van der Waals surface area (Å²) in [4.78, 5) is 20.1. The summed E-state index contributed by atoms with van der Waals surface area (Å²) >= 11 is 3.31. The minimum absolute atomic E-state index is 0.0100. The fourth-order valence-electron chi connectivity index (χ4n) is 1.99. The first kappa shape index (κ1) is 13.2. The number of rotatable bonds is 3. The second-order valence-corrected chi connectivity index (χ2v) is 5.09. The van der Waals surface area contributed by atoms with Crippen LogP contribution in [0.5, 0.6) is 0 Å². The molecular formula is C13H15BrN2O2. The monoisotopic (exact) mass is 310 g/mol. The van der Waals surface area contributed by atoms with Gasteiger partial charge < -0.3 is 4.74 Å². The Kier molecular flexibility index (Phi) is 4.47. The SMILES string of the molecule is CCOC(=O)C1CC=C(c2ncc(Br)cn2)CC1. The fraction of sp³-hybridized carbons (Fsp3) is 0.462. The minimum atomic E-state index is -0.0930. The summed E-state index contributed by atoms with van der Waals surface area (Å²) in [5.74, 6) is 0.647. The summed E-state index contributed by atoms with van der Waals surface area (Å²) in [6.45, 7) is 2.28. The number of nitrogens with zero attached hydrogens (tertiary/aromatic N) is 2. The third kappa shape index (κ3) is 3.16. The molecule has 1 aromatic rings. The molecule has 0 spiro atoms. The van der Waals surface area contributed by atoms with Crippen molar-refractivity contribution in [2.45, 2.75) is 26.2 Å². The first-order valence-corrected chi connectivity index (χ1v) is 6.83. The molecule has 0 fully saturated rings. The molecule has 1 unspecified atom stereocenters. The normalized spacial score (nSPS) is 19.2. The standard InChI is InChI=1S/C13H15BrN2O2/c1-2-18-13(17)10-5-3-9(4-6-10)12-15-7-11(14)8-16-12/h3,7-8,10H,2,4-6H2,1H3. The summed E-state index contributed by atoms with van der Waals surface area (Å²) in [5.41, 5.74) is 1.11. The Morgan fingerprint density at radius 1 is 1.50 bits per heavy atom. The number of esters is 1. The van der Waals surface area contributed by atoms with Crippen molar-refractivity contribution in [2.75, 3.05) is 6.61 Å². The molecular weight excluding hydrogens is 296 g/mol. The van der Waals surface area contributed by atoms with Crippen molar-refractivity contribution in [2.24, 2.45) is 5.92 Å². The van der Waals surface area contributed by atoms with Gasteiger partial charge in [0.1, 0.15) is 0 Å². The Hall–Kier alpha value is -1.23. The molecule has 0 radical (unpaired) electrons. The van der Waals surface area contributed by atoms with Crippen LogP contribution in [0.15, 0.2) is 22.9 Å². The summed E-state index contributed by atoms with van der Waals surface area (Å²) < 4.78 is 5.90. The molecule has 1 atom stereocenters. The second-order valence-electron chi connectivity index (χ2n) is 4.18. The first-order valence-electron chi connectivity index (χ1n) is 6.04. The Morgan fingerprint density at radius 3 is 2.78 bits per heavy atom. The zero-order valence-electron chi connectivity index (χ0n) is 10.2. The van der Waals surface area contributed by atoms with E-state index < -0.39 is 0 Å². The molecule has 18 heavy (non-hydrogen) atoms. The van der Waals surface area contributed by atoms with Gasteiger partial charge in [-0.05, 0) is 47.7 Å². The van der Waals surface area contributed by atoms with Gasteiger partial charge in [-0.3, -0.25) is 4.79 Å². The van der Waals surface area contributed by atoms with Crippen molar-refractivity contribution in [1.29, 1.82) is 0 Å². The van der Waals surface area contributed by atoms with Crippen molar-refractivity contribution in [3.8, 4) is 0 Å². The lowest BCUT2D eigenvalue weighted by Crippen LogP contribution is -2.19. The van der Waals surface area contributed by atoms with E-state index >= 15 is 0 Å². The highest BCUT2D eigenvalue weighted by molar-refractivity contribution is 9.10. The number of carbonyl (C=O) groups is 1. The maximum absolute atomic E-state index is 11.6. The van der Waals surface area contributed by atoms with Crippen LogP contribution in [0.2, 0.25) is 0 Å². The highest BCUT2D eigenvalue weighted by Crippen LogP contribution is 2.29. The molecule has 4 nitrogen and oxygen atoms in total. The maximum atomic E-state index is 11.6. The smallest absolute Gasteiger partial charge is 0.309 e. The highest BCUT2D eigenvalue weighted by atomic mass is 79.9. The van der Waals surface area contributed by atoms with Crippen LogP contribution in [0.4, 0.5) is 0 Å². The van der Waals surface area contributed by atoms with Crippen LogP contribution in [0, 0.1) is 5.92 Å². The molecule has 5 heteroatoms.